The standard InChI is InChI=1S/C46H36N4/c1-3-13-45-41(11-1)43-23-25-49(45)31-33-15-19-37(20-16-33)38-21-17-34(18-22-38)32-50-26-24-44(42-12-2-4-14-46(42)50)48-30-36-8-6-10-40(28-36)39-9-5-7-35(27-39)29-47-43/h1-28H,29-32H2/p+2. The number of hydrogen-bond acceptors (Lipinski definition) is 2. The number of hydrogen-bond donors (Lipinski definition) is 2. The molecule has 0 saturated carbocycles. The first kappa shape index (κ1) is 30.1. The van der Waals surface area contributed by atoms with Gasteiger partial charge in [-0.05, 0) is 57.6 Å². The molecule has 8 aliphatic rings. The molecule has 8 aliphatic heterocycles. The van der Waals surface area contributed by atoms with Gasteiger partial charge in [-0.2, -0.15) is 0 Å². The lowest BCUT2D eigenvalue weighted by atomic mass is 9.99. The topological polar surface area (TPSA) is 33.6 Å². The minimum atomic E-state index is 0.623. The lowest BCUT2D eigenvalue weighted by molar-refractivity contribution is -0.791. The molecule has 8 heterocycles. The van der Waals surface area contributed by atoms with Crippen LogP contribution in [0.15, 0.2) is 180 Å². The summed E-state index contributed by atoms with van der Waals surface area (Å²) in [6.45, 7) is 3.00. The van der Waals surface area contributed by atoms with Crippen LogP contribution in [0.5, 0.6) is 0 Å². The van der Waals surface area contributed by atoms with Gasteiger partial charge >= 0.3 is 0 Å². The lowest BCUT2D eigenvalue weighted by Gasteiger charge is -2.22. The number of fused-ring (bicyclic) bond motifs is 1. The summed E-state index contributed by atoms with van der Waals surface area (Å²) in [5, 5.41) is 0. The fraction of sp³-hybridized carbons (Fsp3) is 0.0870. The molecule has 0 saturated heterocycles. The van der Waals surface area contributed by atoms with Gasteiger partial charge in [0.05, 0.1) is 35.6 Å². The maximum Gasteiger partial charge on any atom is 0.145 e. The van der Waals surface area contributed by atoms with Crippen LogP contribution in [-0.4, -0.2) is 11.4 Å². The second-order valence-corrected chi connectivity index (χ2v) is 13.4. The molecule has 0 aromatic heterocycles. The predicted molar refractivity (Wildman–Crippen MR) is 204 cm³/mol. The number of rotatable bonds is 0. The van der Waals surface area contributed by atoms with Gasteiger partial charge in [0, 0.05) is 35.4 Å². The molecular formula is C46H38N4+2. The molecule has 2 atom stereocenters. The molecule has 6 aromatic rings. The van der Waals surface area contributed by atoms with E-state index in [1.165, 1.54) is 76.8 Å². The predicted octanol–water partition coefficient (Wildman–Crippen LogP) is 7.80. The maximum atomic E-state index is 5.13. The second-order valence-electron chi connectivity index (χ2n) is 13.4. The van der Waals surface area contributed by atoms with Crippen LogP contribution < -0.4 is 9.80 Å². The van der Waals surface area contributed by atoms with Gasteiger partial charge in [0.2, 0.25) is 0 Å². The molecule has 4 nitrogen and oxygen atoms in total. The summed E-state index contributed by atoms with van der Waals surface area (Å²) in [5.41, 5.74) is 16.8. The van der Waals surface area contributed by atoms with Crippen molar-refractivity contribution in [3.63, 3.8) is 0 Å². The van der Waals surface area contributed by atoms with Crippen LogP contribution in [0.25, 0.3) is 22.3 Å². The van der Waals surface area contributed by atoms with Crippen LogP contribution in [0.3, 0.4) is 0 Å². The Morgan fingerprint density at radius 1 is 0.380 bits per heavy atom. The van der Waals surface area contributed by atoms with Crippen molar-refractivity contribution in [1.82, 2.24) is 0 Å². The quantitative estimate of drug-likeness (QED) is 0.169. The van der Waals surface area contributed by atoms with Crippen molar-refractivity contribution in [2.75, 3.05) is 0 Å². The van der Waals surface area contributed by atoms with Gasteiger partial charge in [-0.15, -0.1) is 0 Å². The highest BCUT2D eigenvalue weighted by Gasteiger charge is 2.24. The van der Waals surface area contributed by atoms with E-state index in [9.17, 15) is 0 Å². The van der Waals surface area contributed by atoms with Crippen molar-refractivity contribution < 1.29 is 9.80 Å². The Balaban J connectivity index is 1.10. The highest BCUT2D eigenvalue weighted by molar-refractivity contribution is 6.12. The highest BCUT2D eigenvalue weighted by Crippen LogP contribution is 2.25. The molecular weight excluding hydrogens is 609 g/mol. The molecule has 0 radical (unpaired) electrons. The van der Waals surface area contributed by atoms with Crippen molar-refractivity contribution in [2.24, 2.45) is 9.98 Å². The zero-order valence-electron chi connectivity index (χ0n) is 27.9. The third-order valence-corrected chi connectivity index (χ3v) is 10.1. The van der Waals surface area contributed by atoms with E-state index >= 15 is 0 Å². The smallest absolute Gasteiger partial charge is 0.145 e. The number of nitrogens with one attached hydrogen (secondary N) is 2. The highest BCUT2D eigenvalue weighted by atomic mass is 15.1. The van der Waals surface area contributed by atoms with Gasteiger partial charge < -0.3 is 0 Å². The van der Waals surface area contributed by atoms with Gasteiger partial charge in [-0.25, -0.2) is 0 Å². The SMILES string of the molecule is C1=C[NH+]2Cc3ccc(cc3)-c3ccc(cc3)C[NH+]3C=CC(=NCc4cccc(c4)-c4cccc(c4)CN=C1c1ccccc12)c1ccccc13. The molecule has 2 unspecified atom stereocenters. The van der Waals surface area contributed by atoms with E-state index in [2.05, 4.69) is 170 Å². The maximum absolute atomic E-state index is 5.13. The number of allylic oxidation sites excluding steroid dienone is 2. The van der Waals surface area contributed by atoms with E-state index in [0.29, 0.717) is 13.1 Å². The Hall–Kier alpha value is -5.94. The first-order valence-corrected chi connectivity index (χ1v) is 17.5. The van der Waals surface area contributed by atoms with Crippen molar-refractivity contribution in [1.29, 1.82) is 0 Å². The van der Waals surface area contributed by atoms with Crippen LogP contribution >= 0.6 is 0 Å². The summed E-state index contributed by atoms with van der Waals surface area (Å²) >= 11 is 0. The Labute approximate surface area is 293 Å². The fourth-order valence-electron chi connectivity index (χ4n) is 7.40. The molecule has 0 aliphatic carbocycles. The van der Waals surface area contributed by atoms with Gasteiger partial charge in [0.25, 0.3) is 0 Å². The molecule has 0 amide bonds. The number of benzene rings is 6. The van der Waals surface area contributed by atoms with Crippen LogP contribution in [0.2, 0.25) is 0 Å². The monoisotopic (exact) mass is 646 g/mol. The van der Waals surface area contributed by atoms with Gasteiger partial charge in [-0.1, -0.05) is 109 Å². The first-order chi connectivity index (χ1) is 24.7. The number of para-hydroxylation sites is 2. The van der Waals surface area contributed by atoms with Crippen LogP contribution in [0, 0.1) is 0 Å². The molecule has 6 aromatic carbocycles. The van der Waals surface area contributed by atoms with Crippen molar-refractivity contribution in [2.45, 2.75) is 26.2 Å². The zero-order valence-corrected chi connectivity index (χ0v) is 27.9. The average molecular weight is 647 g/mol. The van der Waals surface area contributed by atoms with E-state index in [0.717, 1.165) is 24.5 Å². The van der Waals surface area contributed by atoms with E-state index in [4.69, 9.17) is 9.98 Å². The van der Waals surface area contributed by atoms with Gasteiger partial charge in [-0.3, -0.25) is 19.8 Å². The zero-order chi connectivity index (χ0) is 33.3. The normalized spacial score (nSPS) is 17.8. The Kier molecular flexibility index (Phi) is 7.94. The van der Waals surface area contributed by atoms with E-state index in [-0.39, 0.29) is 0 Å². The molecule has 240 valence electrons. The Morgan fingerprint density at radius 3 is 1.28 bits per heavy atom. The van der Waals surface area contributed by atoms with Crippen LogP contribution in [0.1, 0.15) is 33.4 Å². The minimum absolute atomic E-state index is 0.623. The Morgan fingerprint density at radius 2 is 0.820 bits per heavy atom. The van der Waals surface area contributed by atoms with Crippen molar-refractivity contribution in [3.05, 3.63) is 204 Å². The summed E-state index contributed by atoms with van der Waals surface area (Å²) in [6.07, 6.45) is 8.89. The minimum Gasteiger partial charge on any atom is -0.280 e. The largest absolute Gasteiger partial charge is 0.280 e. The van der Waals surface area contributed by atoms with Crippen LogP contribution in [-0.2, 0) is 26.2 Å². The van der Waals surface area contributed by atoms with Crippen LogP contribution in [0.4, 0.5) is 11.4 Å². The summed E-state index contributed by atoms with van der Waals surface area (Å²) in [6, 6.07) is 53.0. The molecule has 0 spiro atoms. The average Bonchev–Trinajstić information content (AvgIpc) is 3.18. The van der Waals surface area contributed by atoms with Crippen molar-refractivity contribution >= 4 is 22.8 Å². The van der Waals surface area contributed by atoms with E-state index in [1.807, 2.05) is 0 Å². The van der Waals surface area contributed by atoms with Gasteiger partial charge in [0.15, 0.2) is 0 Å². The summed E-state index contributed by atoms with van der Waals surface area (Å²) in [7, 11) is 0. The van der Waals surface area contributed by atoms with E-state index < -0.39 is 0 Å². The number of nitrogens with zero attached hydrogens (tertiary/aromatic N) is 2. The summed E-state index contributed by atoms with van der Waals surface area (Å²) in [5.74, 6) is 0. The Bertz CT molecular complexity index is 2160. The lowest BCUT2D eigenvalue weighted by Crippen LogP contribution is -3.01. The van der Waals surface area contributed by atoms with Crippen molar-refractivity contribution in [3.8, 4) is 22.3 Å². The molecule has 12 bridgehead atoms. The summed E-state index contributed by atoms with van der Waals surface area (Å²) in [4.78, 5) is 12.9. The van der Waals surface area contributed by atoms with Gasteiger partial charge in [0.1, 0.15) is 36.9 Å². The fourth-order valence-corrected chi connectivity index (χ4v) is 7.40. The van der Waals surface area contributed by atoms with E-state index in [1.54, 1.807) is 0 Å². The second kappa shape index (κ2) is 13.2. The third-order valence-electron chi connectivity index (χ3n) is 10.1. The third kappa shape index (κ3) is 6.07. The molecule has 14 rings (SSSR count). The molecule has 50 heavy (non-hydrogen) atoms. The summed E-state index contributed by atoms with van der Waals surface area (Å²) < 4.78 is 0. The molecule has 4 heteroatoms. The molecule has 0 fully saturated rings. The number of aliphatic imine (C=N–C) groups is 2. The first-order valence-electron chi connectivity index (χ1n) is 17.5. The molecule has 2 N–H and O–H groups in total. The number of quaternary nitrogens is 2.